The fourth-order valence-corrected chi connectivity index (χ4v) is 6.82. The van der Waals surface area contributed by atoms with Gasteiger partial charge in [0.2, 0.25) is 59.1 Å². The Labute approximate surface area is 392 Å². The van der Waals surface area contributed by atoms with Gasteiger partial charge in [0.25, 0.3) is 0 Å². The molecule has 10 amide bonds. The van der Waals surface area contributed by atoms with Crippen LogP contribution in [0.15, 0.2) is 35.3 Å². The van der Waals surface area contributed by atoms with Crippen molar-refractivity contribution in [2.45, 2.75) is 114 Å². The molecule has 376 valence electrons. The van der Waals surface area contributed by atoms with E-state index in [4.69, 9.17) is 28.7 Å². The largest absolute Gasteiger partial charge is 0.480 e. The molecule has 26 heteroatoms. The van der Waals surface area contributed by atoms with Crippen LogP contribution >= 0.6 is 0 Å². The van der Waals surface area contributed by atoms with Crippen LogP contribution in [0.1, 0.15) is 77.2 Å². The summed E-state index contributed by atoms with van der Waals surface area (Å²) in [6.07, 6.45) is 0.386. The minimum absolute atomic E-state index is 0.0618. The van der Waals surface area contributed by atoms with Crippen LogP contribution in [0.3, 0.4) is 0 Å². The van der Waals surface area contributed by atoms with Crippen molar-refractivity contribution >= 4 is 71.0 Å². The van der Waals surface area contributed by atoms with Crippen molar-refractivity contribution in [3.05, 3.63) is 35.9 Å². The van der Waals surface area contributed by atoms with Crippen LogP contribution in [0.4, 0.5) is 0 Å². The maximum Gasteiger partial charge on any atom is 0.326 e. The number of likely N-dealkylation sites (tertiary alicyclic amines) is 1. The number of carbonyl (C=O) groups excluding carboxylic acids is 10. The van der Waals surface area contributed by atoms with Crippen LogP contribution in [-0.2, 0) is 59.2 Å². The number of primary amides is 2. The second-order valence-corrected chi connectivity index (χ2v) is 16.2. The number of amides is 10. The quantitative estimate of drug-likeness (QED) is 0.0194. The minimum atomic E-state index is -1.46. The van der Waals surface area contributed by atoms with Crippen molar-refractivity contribution in [1.29, 1.82) is 0 Å². The number of hydrogen-bond acceptors (Lipinski definition) is 13. The monoisotopic (exact) mass is 958 g/mol. The van der Waals surface area contributed by atoms with Crippen LogP contribution < -0.4 is 65.9 Å². The Morgan fingerprint density at radius 1 is 0.721 bits per heavy atom. The average molecular weight is 959 g/mol. The van der Waals surface area contributed by atoms with Gasteiger partial charge in [-0.15, -0.1) is 0 Å². The molecule has 1 aromatic carbocycles. The normalized spacial score (nSPS) is 15.6. The molecule has 0 aromatic heterocycles. The number of carbonyl (C=O) groups is 11. The number of nitrogens with two attached hydrogens (primary N) is 5. The highest BCUT2D eigenvalue weighted by Gasteiger charge is 2.37. The molecule has 2 rings (SSSR count). The van der Waals surface area contributed by atoms with E-state index in [0.29, 0.717) is 24.8 Å². The molecule has 1 heterocycles. The van der Waals surface area contributed by atoms with Gasteiger partial charge in [-0.3, -0.25) is 52.9 Å². The number of benzene rings is 1. The molecule has 0 aliphatic carbocycles. The molecule has 1 aliphatic heterocycles. The number of nitrogens with one attached hydrogen (secondary N) is 7. The van der Waals surface area contributed by atoms with E-state index in [2.05, 4.69) is 42.2 Å². The van der Waals surface area contributed by atoms with Crippen LogP contribution in [-0.4, -0.2) is 150 Å². The van der Waals surface area contributed by atoms with Gasteiger partial charge in [-0.2, -0.15) is 0 Å². The topological polar surface area (TPSA) is 438 Å². The molecular weight excluding hydrogens is 893 g/mol. The van der Waals surface area contributed by atoms with Gasteiger partial charge in [0.05, 0.1) is 25.7 Å². The molecule has 0 saturated carbocycles. The summed E-state index contributed by atoms with van der Waals surface area (Å²) in [5, 5.41) is 26.5. The summed E-state index contributed by atoms with van der Waals surface area (Å²) in [5.74, 6) is -9.77. The Bertz CT molecular complexity index is 1980. The highest BCUT2D eigenvalue weighted by Crippen LogP contribution is 2.18. The van der Waals surface area contributed by atoms with Gasteiger partial charge >= 0.3 is 5.97 Å². The number of nitrogens with zero attached hydrogens (tertiary/aromatic N) is 2. The molecule has 1 aliphatic rings. The van der Waals surface area contributed by atoms with E-state index in [0.717, 1.165) is 0 Å². The van der Waals surface area contributed by atoms with Crippen molar-refractivity contribution in [1.82, 2.24) is 42.1 Å². The van der Waals surface area contributed by atoms with E-state index in [9.17, 15) is 57.8 Å². The molecule has 7 atom stereocenters. The van der Waals surface area contributed by atoms with Crippen LogP contribution in [0.25, 0.3) is 0 Å². The van der Waals surface area contributed by atoms with E-state index >= 15 is 0 Å². The summed E-state index contributed by atoms with van der Waals surface area (Å²) in [4.78, 5) is 145. The molecule has 0 unspecified atom stereocenters. The van der Waals surface area contributed by atoms with Crippen molar-refractivity contribution in [3.8, 4) is 0 Å². The Morgan fingerprint density at radius 3 is 1.87 bits per heavy atom. The van der Waals surface area contributed by atoms with Crippen LogP contribution in [0, 0.1) is 5.92 Å². The van der Waals surface area contributed by atoms with Crippen molar-refractivity contribution < 1.29 is 57.8 Å². The number of hydrogen-bond donors (Lipinski definition) is 13. The predicted molar refractivity (Wildman–Crippen MR) is 243 cm³/mol. The lowest BCUT2D eigenvalue weighted by Gasteiger charge is -2.27. The van der Waals surface area contributed by atoms with E-state index < -0.39 is 127 Å². The molecule has 1 fully saturated rings. The minimum Gasteiger partial charge on any atom is -0.480 e. The first-order valence-electron chi connectivity index (χ1n) is 22.1. The summed E-state index contributed by atoms with van der Waals surface area (Å²) in [7, 11) is 0. The molecule has 1 saturated heterocycles. The van der Waals surface area contributed by atoms with Crippen molar-refractivity contribution in [3.63, 3.8) is 0 Å². The van der Waals surface area contributed by atoms with E-state index in [1.54, 1.807) is 44.2 Å². The lowest BCUT2D eigenvalue weighted by atomic mass is 9.97. The summed E-state index contributed by atoms with van der Waals surface area (Å²) in [6.45, 7) is 1.98. The Hall–Kier alpha value is -7.38. The lowest BCUT2D eigenvalue weighted by molar-refractivity contribution is -0.142. The fourth-order valence-electron chi connectivity index (χ4n) is 6.82. The Morgan fingerprint density at radius 2 is 1.29 bits per heavy atom. The molecule has 1 aromatic rings. The highest BCUT2D eigenvalue weighted by atomic mass is 16.4. The molecule has 0 bridgehead atoms. The molecule has 68 heavy (non-hydrogen) atoms. The molecule has 0 radical (unpaired) electrons. The third kappa shape index (κ3) is 20.8. The zero-order valence-electron chi connectivity index (χ0n) is 38.3. The summed E-state index contributed by atoms with van der Waals surface area (Å²) in [5.41, 5.74) is 27.5. The highest BCUT2D eigenvalue weighted by molar-refractivity contribution is 5.97. The first-order valence-corrected chi connectivity index (χ1v) is 22.1. The molecular formula is C42H66N14O12. The van der Waals surface area contributed by atoms with E-state index in [-0.39, 0.29) is 64.0 Å². The summed E-state index contributed by atoms with van der Waals surface area (Å²) in [6, 6.07) is 1.12. The smallest absolute Gasteiger partial charge is 0.326 e. The predicted octanol–water partition coefficient (Wildman–Crippen LogP) is -5.45. The lowest BCUT2D eigenvalue weighted by Crippen LogP contribution is -2.58. The van der Waals surface area contributed by atoms with Crippen LogP contribution in [0.5, 0.6) is 0 Å². The van der Waals surface area contributed by atoms with Gasteiger partial charge in [-0.05, 0) is 50.0 Å². The third-order valence-electron chi connectivity index (χ3n) is 10.8. The summed E-state index contributed by atoms with van der Waals surface area (Å²) >= 11 is 0. The first-order chi connectivity index (χ1) is 32.1. The van der Waals surface area contributed by atoms with E-state index in [1.165, 1.54) is 4.90 Å². The van der Waals surface area contributed by atoms with Crippen molar-refractivity contribution in [2.24, 2.45) is 39.6 Å². The average Bonchev–Trinajstić information content (AvgIpc) is 3.80. The zero-order valence-corrected chi connectivity index (χ0v) is 38.3. The number of aliphatic carboxylic acids is 1. The van der Waals surface area contributed by atoms with Gasteiger partial charge in [0, 0.05) is 32.4 Å². The van der Waals surface area contributed by atoms with Crippen molar-refractivity contribution in [2.75, 3.05) is 32.7 Å². The SMILES string of the molecule is CC[C@H](C)[C@H](NC(=O)CNC(=O)[C@H](CCC(N)=O)NC(=O)[C@@H]1CCCN1C(=O)CNC(=O)[C@@H](N)CCCN=C(N)N)C(=O)N[C@@H](Cc1ccccc1)C(=O)NCC(=O)N[C@@H](CCC(N)=O)C(=O)O. The number of aliphatic imine (C=N–C) groups is 1. The van der Waals surface area contributed by atoms with Gasteiger partial charge < -0.3 is 75.9 Å². The molecule has 26 nitrogen and oxygen atoms in total. The molecule has 18 N–H and O–H groups in total. The molecule has 0 spiro atoms. The maximum absolute atomic E-state index is 13.8. The van der Waals surface area contributed by atoms with Gasteiger partial charge in [0.1, 0.15) is 30.2 Å². The summed E-state index contributed by atoms with van der Waals surface area (Å²) < 4.78 is 0. The van der Waals surface area contributed by atoms with Gasteiger partial charge in [-0.1, -0.05) is 50.6 Å². The zero-order chi connectivity index (χ0) is 50.9. The number of carboxylic acid groups (broad SMARTS) is 1. The third-order valence-corrected chi connectivity index (χ3v) is 10.8. The first kappa shape index (κ1) is 56.7. The van der Waals surface area contributed by atoms with E-state index in [1.807, 2.05) is 0 Å². The second-order valence-electron chi connectivity index (χ2n) is 16.2. The Balaban J connectivity index is 2.10. The maximum atomic E-state index is 13.8. The van der Waals surface area contributed by atoms with Gasteiger partial charge in [0.15, 0.2) is 5.96 Å². The number of rotatable bonds is 30. The van der Waals surface area contributed by atoms with Crippen LogP contribution in [0.2, 0.25) is 0 Å². The standard InChI is InChI=1S/C42H66N14O12/c1-3-23(2)35(40(66)54-28(19-24-9-5-4-6-10-24)38(64)50-20-32(59)52-27(41(67)68)14-16-31(45)58)55-33(60)21-49-37(63)26(13-15-30(44)57)53-39(65)29-12-8-18-56(29)34(61)22-51-36(62)25(43)11-7-17-48-42(46)47/h4-6,9-10,23,25-29,35H,3,7-8,11-22,43H2,1-2H3,(H2,44,57)(H2,45,58)(H,49,63)(H,50,64)(H,51,62)(H,52,59)(H,53,65)(H,54,66)(H,55,60)(H,67,68)(H4,46,47,48)/t23-,25-,26-,27-,28-,29-,35-/m0/s1. The fraction of sp³-hybridized carbons (Fsp3) is 0.571. The number of carboxylic acids is 1. The second kappa shape index (κ2) is 29.3. The van der Waals surface area contributed by atoms with Gasteiger partial charge in [-0.25, -0.2) is 4.79 Å². The Kier molecular flexibility index (Phi) is 24.5. The number of guanidine groups is 1.